The van der Waals surface area contributed by atoms with Gasteiger partial charge in [-0.25, -0.2) is 4.98 Å². The van der Waals surface area contributed by atoms with Crippen LogP contribution < -0.4 is 15.0 Å². The average Bonchev–Trinajstić information content (AvgIpc) is 3.22. The van der Waals surface area contributed by atoms with Crippen LogP contribution in [0.3, 0.4) is 0 Å². The Labute approximate surface area is 169 Å². The van der Waals surface area contributed by atoms with Crippen molar-refractivity contribution in [2.75, 3.05) is 26.3 Å². The van der Waals surface area contributed by atoms with Crippen molar-refractivity contribution < 1.29 is 9.47 Å². The summed E-state index contributed by atoms with van der Waals surface area (Å²) in [5, 5.41) is 0. The predicted molar refractivity (Wildman–Crippen MR) is 111 cm³/mol. The first-order valence-electron chi connectivity index (χ1n) is 10.3. The maximum Gasteiger partial charge on any atom is 0.261 e. The summed E-state index contributed by atoms with van der Waals surface area (Å²) < 4.78 is 13.1. The fraction of sp³-hybridized carbons (Fsp3) is 0.391. The van der Waals surface area contributed by atoms with E-state index in [1.165, 1.54) is 5.56 Å². The highest BCUT2D eigenvalue weighted by Crippen LogP contribution is 2.38. The van der Waals surface area contributed by atoms with Crippen molar-refractivity contribution in [2.24, 2.45) is 0 Å². The van der Waals surface area contributed by atoms with Crippen molar-refractivity contribution in [3.63, 3.8) is 0 Å². The van der Waals surface area contributed by atoms with Crippen molar-refractivity contribution >= 4 is 5.65 Å². The smallest absolute Gasteiger partial charge is 0.261 e. The second kappa shape index (κ2) is 7.52. The Morgan fingerprint density at radius 1 is 1.14 bits per heavy atom. The van der Waals surface area contributed by atoms with Gasteiger partial charge in [0.1, 0.15) is 18.9 Å². The lowest BCUT2D eigenvalue weighted by molar-refractivity contribution is 0.170. The van der Waals surface area contributed by atoms with Gasteiger partial charge < -0.3 is 9.47 Å². The van der Waals surface area contributed by atoms with E-state index in [4.69, 9.17) is 9.47 Å². The van der Waals surface area contributed by atoms with E-state index in [-0.39, 0.29) is 5.56 Å². The molecule has 0 saturated carbocycles. The van der Waals surface area contributed by atoms with Gasteiger partial charge in [0.2, 0.25) is 0 Å². The van der Waals surface area contributed by atoms with Gasteiger partial charge in [0.05, 0.1) is 0 Å². The number of aromatic nitrogens is 2. The Kier molecular flexibility index (Phi) is 4.72. The highest BCUT2D eigenvalue weighted by atomic mass is 16.6. The molecule has 1 atom stereocenters. The number of hydrogen-bond donors (Lipinski definition) is 0. The molecule has 1 saturated heterocycles. The molecule has 2 aliphatic heterocycles. The second-order valence-corrected chi connectivity index (χ2v) is 7.76. The van der Waals surface area contributed by atoms with Gasteiger partial charge in [0.25, 0.3) is 5.56 Å². The second-order valence-electron chi connectivity index (χ2n) is 7.76. The van der Waals surface area contributed by atoms with E-state index in [9.17, 15) is 4.79 Å². The Morgan fingerprint density at radius 3 is 2.90 bits per heavy atom. The Hall–Kier alpha value is -2.86. The maximum atomic E-state index is 12.9. The molecule has 0 N–H and O–H groups in total. The highest BCUT2D eigenvalue weighted by Gasteiger charge is 2.27. The van der Waals surface area contributed by atoms with Crippen molar-refractivity contribution in [2.45, 2.75) is 32.2 Å². The molecular weight excluding hydrogens is 366 g/mol. The van der Waals surface area contributed by atoms with E-state index >= 15 is 0 Å². The molecule has 150 valence electrons. The van der Waals surface area contributed by atoms with E-state index in [1.54, 1.807) is 10.6 Å². The van der Waals surface area contributed by atoms with Crippen LogP contribution in [0.15, 0.2) is 47.4 Å². The van der Waals surface area contributed by atoms with Crippen molar-refractivity contribution in [1.82, 2.24) is 14.3 Å². The number of fused-ring (bicyclic) bond motifs is 2. The van der Waals surface area contributed by atoms with Crippen LogP contribution in [-0.2, 0) is 6.42 Å². The molecule has 1 aromatic carbocycles. The van der Waals surface area contributed by atoms with Gasteiger partial charge in [-0.2, -0.15) is 0 Å². The Balaban J connectivity index is 1.37. The minimum absolute atomic E-state index is 0.0446. The first-order valence-corrected chi connectivity index (χ1v) is 10.3. The van der Waals surface area contributed by atoms with Gasteiger partial charge >= 0.3 is 0 Å². The number of aryl methyl sites for hydroxylation is 1. The summed E-state index contributed by atoms with van der Waals surface area (Å²) in [6, 6.07) is 12.3. The first kappa shape index (κ1) is 18.2. The van der Waals surface area contributed by atoms with Gasteiger partial charge in [0.15, 0.2) is 11.5 Å². The van der Waals surface area contributed by atoms with Gasteiger partial charge in [-0.1, -0.05) is 12.1 Å². The van der Waals surface area contributed by atoms with Gasteiger partial charge in [-0.05, 0) is 62.6 Å². The number of nitrogens with zero attached hydrogens (tertiary/aromatic N) is 3. The molecule has 0 radical (unpaired) electrons. The average molecular weight is 391 g/mol. The monoisotopic (exact) mass is 391 g/mol. The largest absolute Gasteiger partial charge is 0.486 e. The summed E-state index contributed by atoms with van der Waals surface area (Å²) in [6.45, 7) is 5.03. The van der Waals surface area contributed by atoms with Crippen LogP contribution in [0.1, 0.15) is 35.7 Å². The van der Waals surface area contributed by atoms with Crippen LogP contribution in [0.25, 0.3) is 5.65 Å². The molecule has 1 fully saturated rings. The lowest BCUT2D eigenvalue weighted by atomic mass is 10.0. The minimum atomic E-state index is 0.0446. The fourth-order valence-electron chi connectivity index (χ4n) is 4.52. The fourth-order valence-corrected chi connectivity index (χ4v) is 4.52. The Bertz CT molecular complexity index is 1110. The van der Waals surface area contributed by atoms with Crippen molar-refractivity contribution in [1.29, 1.82) is 0 Å². The molecule has 0 spiro atoms. The van der Waals surface area contributed by atoms with E-state index in [1.807, 2.05) is 31.2 Å². The zero-order valence-corrected chi connectivity index (χ0v) is 16.6. The summed E-state index contributed by atoms with van der Waals surface area (Å²) in [5.74, 6) is 1.67. The number of pyridine rings is 1. The molecule has 5 rings (SSSR count). The third kappa shape index (κ3) is 3.38. The van der Waals surface area contributed by atoms with Gasteiger partial charge in [-0.3, -0.25) is 14.1 Å². The van der Waals surface area contributed by atoms with Gasteiger partial charge in [0, 0.05) is 30.0 Å². The Morgan fingerprint density at radius 2 is 2.00 bits per heavy atom. The predicted octanol–water partition coefficient (Wildman–Crippen LogP) is 3.15. The SMILES string of the molecule is Cc1nc2ccccn2c(=O)c1CCN1CCC[C@H]1c1ccc2c(c1)OCCO2. The quantitative estimate of drug-likeness (QED) is 0.684. The number of benzene rings is 1. The number of rotatable bonds is 4. The lowest BCUT2D eigenvalue weighted by Gasteiger charge is -2.26. The van der Waals surface area contributed by atoms with E-state index in [0.29, 0.717) is 31.3 Å². The molecule has 4 heterocycles. The molecule has 2 aromatic heterocycles. The van der Waals surface area contributed by atoms with E-state index < -0.39 is 0 Å². The zero-order valence-electron chi connectivity index (χ0n) is 16.6. The molecule has 0 amide bonds. The molecule has 29 heavy (non-hydrogen) atoms. The van der Waals surface area contributed by atoms with Crippen molar-refractivity contribution in [3.8, 4) is 11.5 Å². The van der Waals surface area contributed by atoms with Crippen LogP contribution in [0, 0.1) is 6.92 Å². The number of ether oxygens (including phenoxy) is 2. The van der Waals surface area contributed by atoms with Crippen LogP contribution >= 0.6 is 0 Å². The molecule has 0 bridgehead atoms. The normalized spacial score (nSPS) is 19.0. The van der Waals surface area contributed by atoms with E-state index in [0.717, 1.165) is 48.7 Å². The highest BCUT2D eigenvalue weighted by molar-refractivity contribution is 5.45. The molecule has 3 aromatic rings. The summed E-state index contributed by atoms with van der Waals surface area (Å²) in [5.41, 5.74) is 3.65. The number of likely N-dealkylation sites (tertiary alicyclic amines) is 1. The summed E-state index contributed by atoms with van der Waals surface area (Å²) >= 11 is 0. The number of hydrogen-bond acceptors (Lipinski definition) is 5. The van der Waals surface area contributed by atoms with E-state index in [2.05, 4.69) is 22.0 Å². The maximum absolute atomic E-state index is 12.9. The summed E-state index contributed by atoms with van der Waals surface area (Å²) in [6.07, 6.45) is 4.78. The first-order chi connectivity index (χ1) is 14.2. The molecule has 2 aliphatic rings. The van der Waals surface area contributed by atoms with Gasteiger partial charge in [-0.15, -0.1) is 0 Å². The van der Waals surface area contributed by atoms with Crippen LogP contribution in [0.2, 0.25) is 0 Å². The zero-order chi connectivity index (χ0) is 19.8. The lowest BCUT2D eigenvalue weighted by Crippen LogP contribution is -2.29. The third-order valence-electron chi connectivity index (χ3n) is 6.00. The van der Waals surface area contributed by atoms with Crippen LogP contribution in [0.5, 0.6) is 11.5 Å². The van der Waals surface area contributed by atoms with Crippen molar-refractivity contribution in [3.05, 3.63) is 69.8 Å². The molecule has 6 heteroatoms. The minimum Gasteiger partial charge on any atom is -0.486 e. The standard InChI is InChI=1S/C23H25N3O3/c1-16-18(23(27)26-11-3-2-6-22(26)24-16)9-12-25-10-4-5-19(25)17-7-8-20-21(15-17)29-14-13-28-20/h2-3,6-8,11,15,19H,4-5,9-10,12-14H2,1H3/t19-/m0/s1. The molecular formula is C23H25N3O3. The topological polar surface area (TPSA) is 56.1 Å². The molecule has 0 unspecified atom stereocenters. The third-order valence-corrected chi connectivity index (χ3v) is 6.00. The summed E-state index contributed by atoms with van der Waals surface area (Å²) in [7, 11) is 0. The van der Waals surface area contributed by atoms with Crippen LogP contribution in [0.4, 0.5) is 0 Å². The summed E-state index contributed by atoms with van der Waals surface area (Å²) in [4.78, 5) is 20.0. The molecule has 0 aliphatic carbocycles. The molecule has 6 nitrogen and oxygen atoms in total. The van der Waals surface area contributed by atoms with Crippen LogP contribution in [-0.4, -0.2) is 40.6 Å².